The number of carbonyl (C=O) groups is 1. The highest BCUT2D eigenvalue weighted by Crippen LogP contribution is 2.66. The van der Waals surface area contributed by atoms with Crippen LogP contribution in [-0.4, -0.2) is 5.78 Å². The lowest BCUT2D eigenvalue weighted by Crippen LogP contribution is -2.50. The van der Waals surface area contributed by atoms with E-state index in [-0.39, 0.29) is 0 Å². The van der Waals surface area contributed by atoms with E-state index in [1.807, 2.05) is 6.08 Å². The first-order valence-electron chi connectivity index (χ1n) is 9.35. The van der Waals surface area contributed by atoms with Gasteiger partial charge in [0.15, 0.2) is 5.78 Å². The van der Waals surface area contributed by atoms with Gasteiger partial charge in [-0.2, -0.15) is 0 Å². The Balaban J connectivity index is 1.68. The average molecular weight is 298 g/mol. The lowest BCUT2D eigenvalue weighted by atomic mass is 9.47. The minimum Gasteiger partial charge on any atom is -0.295 e. The summed E-state index contributed by atoms with van der Waals surface area (Å²) >= 11 is 0. The molecule has 1 heteroatoms. The number of allylic oxidation sites excluding steroid dienone is 2. The Morgan fingerprint density at radius 3 is 2.68 bits per heavy atom. The van der Waals surface area contributed by atoms with E-state index in [2.05, 4.69) is 26.5 Å². The van der Waals surface area contributed by atoms with Crippen molar-refractivity contribution in [2.45, 2.75) is 65.2 Å². The average Bonchev–Trinajstić information content (AvgIpc) is 2.84. The normalized spacial score (nSPS) is 50.6. The summed E-state index contributed by atoms with van der Waals surface area (Å²) < 4.78 is 0. The van der Waals surface area contributed by atoms with Gasteiger partial charge in [-0.05, 0) is 85.5 Å². The van der Waals surface area contributed by atoms with Crippen molar-refractivity contribution in [3.63, 3.8) is 0 Å². The summed E-state index contributed by atoms with van der Waals surface area (Å²) in [6.07, 6.45) is 14.1. The Labute approximate surface area is 135 Å². The van der Waals surface area contributed by atoms with Crippen LogP contribution in [0.1, 0.15) is 65.2 Å². The summed E-state index contributed by atoms with van der Waals surface area (Å²) in [6, 6.07) is 0. The highest BCUT2D eigenvalue weighted by atomic mass is 16.1. The Hall–Kier alpha value is -0.850. The number of hydrogen-bond donors (Lipinski definition) is 0. The van der Waals surface area contributed by atoms with E-state index in [0.717, 1.165) is 36.5 Å². The van der Waals surface area contributed by atoms with Crippen molar-refractivity contribution >= 4 is 5.78 Å². The molecule has 0 saturated heterocycles. The van der Waals surface area contributed by atoms with Crippen molar-refractivity contribution in [2.24, 2.45) is 34.5 Å². The molecule has 0 heterocycles. The zero-order valence-electron chi connectivity index (χ0n) is 14.2. The van der Waals surface area contributed by atoms with E-state index in [1.54, 1.807) is 0 Å². The molecule has 120 valence electrons. The Bertz CT molecular complexity index is 544. The molecule has 4 aliphatic carbocycles. The van der Waals surface area contributed by atoms with Gasteiger partial charge in [0, 0.05) is 6.42 Å². The smallest absolute Gasteiger partial charge is 0.155 e. The van der Waals surface area contributed by atoms with Crippen molar-refractivity contribution in [3.05, 3.63) is 24.3 Å². The summed E-state index contributed by atoms with van der Waals surface area (Å²) in [4.78, 5) is 11.8. The first-order chi connectivity index (χ1) is 10.5. The molecule has 0 bridgehead atoms. The minimum absolute atomic E-state index is 0.324. The molecule has 3 saturated carbocycles. The Kier molecular flexibility index (Phi) is 3.23. The maximum atomic E-state index is 11.8. The molecule has 3 fully saturated rings. The molecule has 0 aromatic carbocycles. The van der Waals surface area contributed by atoms with Gasteiger partial charge in [0.25, 0.3) is 0 Å². The fraction of sp³-hybridized carbons (Fsp3) is 0.762. The molecule has 6 unspecified atom stereocenters. The second kappa shape index (κ2) is 4.82. The van der Waals surface area contributed by atoms with Crippen LogP contribution in [0.4, 0.5) is 0 Å². The lowest BCUT2D eigenvalue weighted by Gasteiger charge is -2.58. The van der Waals surface area contributed by atoms with Crippen LogP contribution in [0.5, 0.6) is 0 Å². The molecule has 1 nitrogen and oxygen atoms in total. The van der Waals surface area contributed by atoms with Crippen molar-refractivity contribution in [2.75, 3.05) is 0 Å². The fourth-order valence-corrected chi connectivity index (χ4v) is 6.99. The molecule has 0 amide bonds. The van der Waals surface area contributed by atoms with Gasteiger partial charge in [0.05, 0.1) is 0 Å². The van der Waals surface area contributed by atoms with E-state index in [0.29, 0.717) is 16.6 Å². The molecular weight excluding hydrogens is 268 g/mol. The quantitative estimate of drug-likeness (QED) is 0.599. The van der Waals surface area contributed by atoms with Gasteiger partial charge >= 0.3 is 0 Å². The van der Waals surface area contributed by atoms with Crippen LogP contribution in [0, 0.1) is 34.5 Å². The topological polar surface area (TPSA) is 17.1 Å². The van der Waals surface area contributed by atoms with Crippen molar-refractivity contribution in [3.8, 4) is 0 Å². The largest absolute Gasteiger partial charge is 0.295 e. The summed E-state index contributed by atoms with van der Waals surface area (Å²) in [5.74, 6) is 3.71. The summed E-state index contributed by atoms with van der Waals surface area (Å²) in [5, 5.41) is 0. The standard InChI is InChI=1S/C21H30O/c1-4-14-6-8-18-17-7-5-15-13-16(22)9-11-21(15,3)19(17)10-12-20(14,18)2/h4,13-14,17-19H,1,5-12H2,2-3H3. The van der Waals surface area contributed by atoms with Gasteiger partial charge in [0.1, 0.15) is 0 Å². The van der Waals surface area contributed by atoms with Gasteiger partial charge in [-0.25, -0.2) is 0 Å². The molecule has 4 rings (SSSR count). The molecule has 0 aliphatic heterocycles. The number of ketones is 1. The van der Waals surface area contributed by atoms with Gasteiger partial charge < -0.3 is 0 Å². The predicted molar refractivity (Wildman–Crippen MR) is 90.4 cm³/mol. The van der Waals surface area contributed by atoms with E-state index < -0.39 is 0 Å². The van der Waals surface area contributed by atoms with Crippen LogP contribution in [0.2, 0.25) is 0 Å². The molecule has 0 aromatic heterocycles. The van der Waals surface area contributed by atoms with Crippen LogP contribution in [0.3, 0.4) is 0 Å². The molecule has 0 N–H and O–H groups in total. The van der Waals surface area contributed by atoms with Gasteiger partial charge in [-0.15, -0.1) is 6.58 Å². The molecular formula is C21H30O. The van der Waals surface area contributed by atoms with Crippen LogP contribution < -0.4 is 0 Å². The van der Waals surface area contributed by atoms with E-state index in [4.69, 9.17) is 0 Å². The number of carbonyl (C=O) groups excluding carboxylic acids is 1. The molecule has 0 aromatic rings. The van der Waals surface area contributed by atoms with Crippen molar-refractivity contribution in [1.29, 1.82) is 0 Å². The van der Waals surface area contributed by atoms with Crippen molar-refractivity contribution < 1.29 is 4.79 Å². The SMILES string of the molecule is C=CC1CCC2C3CCC4=CC(=O)CCC4(C)C3CCC12C. The fourth-order valence-electron chi connectivity index (χ4n) is 6.99. The van der Waals surface area contributed by atoms with Crippen LogP contribution in [-0.2, 0) is 4.79 Å². The second-order valence-corrected chi connectivity index (χ2v) is 8.93. The van der Waals surface area contributed by atoms with E-state index >= 15 is 0 Å². The van der Waals surface area contributed by atoms with Gasteiger partial charge in [-0.3, -0.25) is 4.79 Å². The zero-order valence-corrected chi connectivity index (χ0v) is 14.2. The highest BCUT2D eigenvalue weighted by molar-refractivity contribution is 5.91. The third-order valence-electron chi connectivity index (χ3n) is 8.32. The van der Waals surface area contributed by atoms with Gasteiger partial charge in [0.2, 0.25) is 0 Å². The second-order valence-electron chi connectivity index (χ2n) is 8.93. The Morgan fingerprint density at radius 1 is 1.09 bits per heavy atom. The van der Waals surface area contributed by atoms with Crippen LogP contribution >= 0.6 is 0 Å². The monoisotopic (exact) mass is 298 g/mol. The summed E-state index contributed by atoms with van der Waals surface area (Å²) in [7, 11) is 0. The maximum Gasteiger partial charge on any atom is 0.155 e. The van der Waals surface area contributed by atoms with E-state index in [9.17, 15) is 4.79 Å². The summed E-state index contributed by atoms with van der Waals surface area (Å²) in [6.45, 7) is 9.15. The Morgan fingerprint density at radius 2 is 1.91 bits per heavy atom. The molecule has 0 spiro atoms. The van der Waals surface area contributed by atoms with E-state index in [1.165, 1.54) is 44.1 Å². The van der Waals surface area contributed by atoms with Crippen LogP contribution in [0.15, 0.2) is 24.3 Å². The number of fused-ring (bicyclic) bond motifs is 5. The number of rotatable bonds is 1. The first-order valence-corrected chi connectivity index (χ1v) is 9.35. The lowest BCUT2D eigenvalue weighted by molar-refractivity contribution is -0.117. The predicted octanol–water partition coefficient (Wildman–Crippen LogP) is 5.32. The summed E-state index contributed by atoms with van der Waals surface area (Å²) in [5.41, 5.74) is 2.32. The number of hydrogen-bond acceptors (Lipinski definition) is 1. The third kappa shape index (κ3) is 1.80. The molecule has 22 heavy (non-hydrogen) atoms. The maximum absolute atomic E-state index is 11.8. The zero-order chi connectivity index (χ0) is 15.5. The minimum atomic E-state index is 0.324. The van der Waals surface area contributed by atoms with Crippen LogP contribution in [0.25, 0.3) is 0 Å². The third-order valence-corrected chi connectivity index (χ3v) is 8.32. The molecule has 4 aliphatic rings. The highest BCUT2D eigenvalue weighted by Gasteiger charge is 2.58. The molecule has 0 radical (unpaired) electrons. The van der Waals surface area contributed by atoms with Gasteiger partial charge in [-0.1, -0.05) is 25.5 Å². The first kappa shape index (κ1) is 14.7. The van der Waals surface area contributed by atoms with Crippen molar-refractivity contribution in [1.82, 2.24) is 0 Å². The molecule has 6 atom stereocenters.